The topological polar surface area (TPSA) is 44.5 Å². The number of rotatable bonds is 7. The van der Waals surface area contributed by atoms with Crippen LogP contribution in [0, 0.1) is 0 Å². The SMILES string of the molecule is CCOc1cc(CC(C)N)cc(Br)c1OCC(Cl)=CCl. The van der Waals surface area contributed by atoms with Gasteiger partial charge in [0.05, 0.1) is 16.1 Å². The van der Waals surface area contributed by atoms with Crippen LogP contribution in [0.15, 0.2) is 27.2 Å². The molecule has 2 N–H and O–H groups in total. The van der Waals surface area contributed by atoms with E-state index in [0.29, 0.717) is 23.1 Å². The van der Waals surface area contributed by atoms with Crippen LogP contribution in [0.2, 0.25) is 0 Å². The molecule has 0 radical (unpaired) electrons. The zero-order valence-corrected chi connectivity index (χ0v) is 14.6. The Morgan fingerprint density at radius 2 is 2.15 bits per heavy atom. The Bertz CT molecular complexity index is 478. The van der Waals surface area contributed by atoms with Crippen molar-refractivity contribution in [3.63, 3.8) is 0 Å². The average molecular weight is 383 g/mol. The van der Waals surface area contributed by atoms with Crippen LogP contribution in [-0.4, -0.2) is 19.3 Å². The summed E-state index contributed by atoms with van der Waals surface area (Å²) in [4.78, 5) is 0. The first-order chi connectivity index (χ1) is 9.47. The Kier molecular flexibility index (Phi) is 7.74. The zero-order chi connectivity index (χ0) is 15.1. The molecule has 0 heterocycles. The number of hydrogen-bond acceptors (Lipinski definition) is 3. The minimum atomic E-state index is 0.0803. The summed E-state index contributed by atoms with van der Waals surface area (Å²) < 4.78 is 12.1. The predicted octanol–water partition coefficient (Wildman–Crippen LogP) is 4.44. The molecule has 112 valence electrons. The highest BCUT2D eigenvalue weighted by molar-refractivity contribution is 9.10. The zero-order valence-electron chi connectivity index (χ0n) is 11.5. The smallest absolute Gasteiger partial charge is 0.175 e. The Hall–Kier alpha value is -0.420. The van der Waals surface area contributed by atoms with Crippen molar-refractivity contribution in [2.45, 2.75) is 26.3 Å². The maximum atomic E-state index is 5.83. The molecule has 0 aliphatic carbocycles. The lowest BCUT2D eigenvalue weighted by molar-refractivity contribution is 0.293. The monoisotopic (exact) mass is 381 g/mol. The molecule has 1 atom stereocenters. The van der Waals surface area contributed by atoms with Gasteiger partial charge in [-0.3, -0.25) is 0 Å². The number of ether oxygens (including phenoxy) is 2. The fourth-order valence-electron chi connectivity index (χ4n) is 1.69. The molecule has 0 saturated carbocycles. The summed E-state index contributed by atoms with van der Waals surface area (Å²) in [6.07, 6.45) is 0.765. The fourth-order valence-corrected chi connectivity index (χ4v) is 2.41. The molecule has 1 unspecified atom stereocenters. The molecule has 0 aliphatic rings. The van der Waals surface area contributed by atoms with Gasteiger partial charge in [-0.05, 0) is 53.9 Å². The number of halogens is 3. The van der Waals surface area contributed by atoms with Crippen molar-refractivity contribution < 1.29 is 9.47 Å². The van der Waals surface area contributed by atoms with E-state index in [1.54, 1.807) is 0 Å². The molecule has 20 heavy (non-hydrogen) atoms. The third kappa shape index (κ3) is 5.52. The van der Waals surface area contributed by atoms with Gasteiger partial charge in [0.1, 0.15) is 6.61 Å². The lowest BCUT2D eigenvalue weighted by Crippen LogP contribution is -2.17. The van der Waals surface area contributed by atoms with Gasteiger partial charge in [-0.1, -0.05) is 23.2 Å². The highest BCUT2D eigenvalue weighted by Crippen LogP contribution is 2.37. The first-order valence-corrected chi connectivity index (χ1v) is 7.87. The van der Waals surface area contributed by atoms with Crippen molar-refractivity contribution in [1.29, 1.82) is 0 Å². The summed E-state index contributed by atoms with van der Waals surface area (Å²) in [5.74, 6) is 1.27. The molecule has 0 aliphatic heterocycles. The molecule has 6 heteroatoms. The molecule has 0 fully saturated rings. The lowest BCUT2D eigenvalue weighted by Gasteiger charge is -2.16. The summed E-state index contributed by atoms with van der Waals surface area (Å²) in [6, 6.07) is 3.99. The van der Waals surface area contributed by atoms with Gasteiger partial charge in [-0.15, -0.1) is 0 Å². The summed E-state index contributed by atoms with van der Waals surface area (Å²) in [5, 5.41) is 0.417. The third-order valence-corrected chi connectivity index (χ3v) is 3.58. The van der Waals surface area contributed by atoms with Gasteiger partial charge < -0.3 is 15.2 Å². The molecule has 0 amide bonds. The van der Waals surface area contributed by atoms with Gasteiger partial charge in [-0.25, -0.2) is 0 Å². The van der Waals surface area contributed by atoms with Gasteiger partial charge in [0.2, 0.25) is 0 Å². The molecule has 1 aromatic carbocycles. The average Bonchev–Trinajstić information content (AvgIpc) is 2.37. The largest absolute Gasteiger partial charge is 0.490 e. The second kappa shape index (κ2) is 8.78. The van der Waals surface area contributed by atoms with E-state index in [1.165, 1.54) is 5.54 Å². The van der Waals surface area contributed by atoms with Crippen LogP contribution in [0.5, 0.6) is 11.5 Å². The molecular weight excluding hydrogens is 365 g/mol. The maximum Gasteiger partial charge on any atom is 0.175 e. The van der Waals surface area contributed by atoms with Crippen LogP contribution < -0.4 is 15.2 Å². The standard InChI is InChI=1S/C14H18BrCl2NO2/c1-3-19-13-6-10(4-9(2)18)5-12(15)14(13)20-8-11(17)7-16/h5-7,9H,3-4,8,18H2,1-2H3. The molecule has 0 spiro atoms. The van der Waals surface area contributed by atoms with Crippen molar-refractivity contribution >= 4 is 39.1 Å². The maximum absolute atomic E-state index is 5.83. The minimum Gasteiger partial charge on any atom is -0.490 e. The van der Waals surface area contributed by atoms with E-state index in [9.17, 15) is 0 Å². The molecule has 3 nitrogen and oxygen atoms in total. The number of benzene rings is 1. The number of nitrogens with two attached hydrogens (primary N) is 1. The van der Waals surface area contributed by atoms with Crippen molar-refractivity contribution in [1.82, 2.24) is 0 Å². The van der Waals surface area contributed by atoms with Crippen LogP contribution in [0.4, 0.5) is 0 Å². The van der Waals surface area contributed by atoms with Gasteiger partial charge in [0, 0.05) is 11.6 Å². The normalized spacial score (nSPS) is 13.2. The predicted molar refractivity (Wildman–Crippen MR) is 87.9 cm³/mol. The van der Waals surface area contributed by atoms with Gasteiger partial charge in [0.15, 0.2) is 11.5 Å². The van der Waals surface area contributed by atoms with E-state index in [0.717, 1.165) is 16.5 Å². The van der Waals surface area contributed by atoms with E-state index < -0.39 is 0 Å². The van der Waals surface area contributed by atoms with Crippen molar-refractivity contribution in [2.75, 3.05) is 13.2 Å². The summed E-state index contributed by atoms with van der Waals surface area (Å²) in [7, 11) is 0. The van der Waals surface area contributed by atoms with Crippen molar-refractivity contribution in [3.8, 4) is 11.5 Å². The van der Waals surface area contributed by atoms with Crippen LogP contribution in [-0.2, 0) is 6.42 Å². The molecule has 1 aromatic rings. The molecule has 0 aromatic heterocycles. The molecule has 1 rings (SSSR count). The quantitative estimate of drug-likeness (QED) is 0.758. The van der Waals surface area contributed by atoms with Crippen molar-refractivity contribution in [2.24, 2.45) is 5.73 Å². The summed E-state index contributed by atoms with van der Waals surface area (Å²) in [6.45, 7) is 4.62. The Labute approximate surface area is 138 Å². The van der Waals surface area contributed by atoms with E-state index in [1.807, 2.05) is 26.0 Å². The van der Waals surface area contributed by atoms with Gasteiger partial charge in [-0.2, -0.15) is 0 Å². The summed E-state index contributed by atoms with van der Waals surface area (Å²) >= 11 is 14.8. The van der Waals surface area contributed by atoms with Gasteiger partial charge >= 0.3 is 0 Å². The third-order valence-electron chi connectivity index (χ3n) is 2.40. The second-order valence-corrected chi connectivity index (χ2v) is 5.92. The molecule has 0 saturated heterocycles. The van der Waals surface area contributed by atoms with E-state index >= 15 is 0 Å². The fraction of sp³-hybridized carbons (Fsp3) is 0.429. The highest BCUT2D eigenvalue weighted by atomic mass is 79.9. The van der Waals surface area contributed by atoms with Crippen LogP contribution >= 0.6 is 39.1 Å². The minimum absolute atomic E-state index is 0.0803. The summed E-state index contributed by atoms with van der Waals surface area (Å²) in [5.41, 5.74) is 8.19. The molecular formula is C14H18BrCl2NO2. The Morgan fingerprint density at radius 3 is 2.70 bits per heavy atom. The Morgan fingerprint density at radius 1 is 1.45 bits per heavy atom. The van der Waals surface area contributed by atoms with Crippen molar-refractivity contribution in [3.05, 3.63) is 32.7 Å². The molecule has 0 bridgehead atoms. The van der Waals surface area contributed by atoms with E-state index in [-0.39, 0.29) is 12.6 Å². The van der Waals surface area contributed by atoms with E-state index in [2.05, 4.69) is 15.9 Å². The second-order valence-electron chi connectivity index (χ2n) is 4.36. The number of hydrogen-bond donors (Lipinski definition) is 1. The highest BCUT2D eigenvalue weighted by Gasteiger charge is 2.13. The van der Waals surface area contributed by atoms with Crippen LogP contribution in [0.25, 0.3) is 0 Å². The van der Waals surface area contributed by atoms with Crippen LogP contribution in [0.1, 0.15) is 19.4 Å². The first-order valence-electron chi connectivity index (χ1n) is 6.26. The first kappa shape index (κ1) is 17.6. The van der Waals surface area contributed by atoms with E-state index in [4.69, 9.17) is 38.4 Å². The Balaban J connectivity index is 3.02. The van der Waals surface area contributed by atoms with Gasteiger partial charge in [0.25, 0.3) is 0 Å². The van der Waals surface area contributed by atoms with Crippen LogP contribution in [0.3, 0.4) is 0 Å². The lowest BCUT2D eigenvalue weighted by atomic mass is 10.1.